The SMILES string of the molecule is CN1CC(=O)OC2(CCN(CCOc3cc4c(Nc5ccc(F)c(Cl)c5)ncnc4cc3OCC3CC3)CC2)C1. The fraction of sp³-hybridized carbons (Fsp3) is 0.483. The lowest BCUT2D eigenvalue weighted by Crippen LogP contribution is -2.57. The van der Waals surface area contributed by atoms with Gasteiger partial charge in [0.1, 0.15) is 30.2 Å². The van der Waals surface area contributed by atoms with Crippen LogP contribution in [0, 0.1) is 11.7 Å². The van der Waals surface area contributed by atoms with Crippen LogP contribution in [-0.4, -0.2) is 84.3 Å². The number of piperidine rings is 1. The first-order valence-electron chi connectivity index (χ1n) is 13.7. The number of fused-ring (bicyclic) bond motifs is 1. The molecular weight excluding hydrogens is 537 g/mol. The standard InChI is InChI=1S/C29H33ClFN5O4/c1-35-15-27(37)40-29(17-35)6-8-36(9-7-29)10-11-38-25-13-21-24(14-26(25)39-16-19-2-3-19)32-18-33-28(21)34-20-4-5-23(31)22(30)12-20/h4-5,12-14,18-19H,2-3,6-11,15-17H2,1H3,(H,32,33,34). The highest BCUT2D eigenvalue weighted by atomic mass is 35.5. The average molecular weight is 570 g/mol. The van der Waals surface area contributed by atoms with Gasteiger partial charge in [0.2, 0.25) is 0 Å². The van der Waals surface area contributed by atoms with E-state index in [0.29, 0.717) is 54.2 Å². The molecule has 0 atom stereocenters. The molecule has 0 amide bonds. The van der Waals surface area contributed by atoms with Crippen LogP contribution in [0.1, 0.15) is 25.7 Å². The third kappa shape index (κ3) is 6.24. The summed E-state index contributed by atoms with van der Waals surface area (Å²) in [5, 5.41) is 4.00. The number of aromatic nitrogens is 2. The Bertz CT molecular complexity index is 1400. The minimum absolute atomic E-state index is 0.0282. The zero-order chi connectivity index (χ0) is 27.7. The van der Waals surface area contributed by atoms with Crippen molar-refractivity contribution in [3.05, 3.63) is 47.5 Å². The van der Waals surface area contributed by atoms with Crippen molar-refractivity contribution >= 4 is 40.0 Å². The fourth-order valence-electron chi connectivity index (χ4n) is 5.40. The first kappa shape index (κ1) is 27.0. The third-order valence-corrected chi connectivity index (χ3v) is 8.06. The Balaban J connectivity index is 1.15. The summed E-state index contributed by atoms with van der Waals surface area (Å²) in [5.41, 5.74) is 0.944. The van der Waals surface area contributed by atoms with Crippen molar-refractivity contribution in [3.63, 3.8) is 0 Å². The molecule has 1 aliphatic carbocycles. The number of carbonyl (C=O) groups excluding carboxylic acids is 1. The summed E-state index contributed by atoms with van der Waals surface area (Å²) in [7, 11) is 1.97. The molecule has 0 radical (unpaired) electrons. The molecule has 6 rings (SSSR count). The van der Waals surface area contributed by atoms with Crippen LogP contribution >= 0.6 is 11.6 Å². The zero-order valence-corrected chi connectivity index (χ0v) is 23.3. The maximum absolute atomic E-state index is 13.7. The number of likely N-dealkylation sites (N-methyl/N-ethyl adjacent to an activating group) is 1. The van der Waals surface area contributed by atoms with Crippen molar-refractivity contribution in [2.75, 3.05) is 58.3 Å². The predicted molar refractivity (Wildman–Crippen MR) is 150 cm³/mol. The van der Waals surface area contributed by atoms with E-state index in [2.05, 4.69) is 20.2 Å². The van der Waals surface area contributed by atoms with Gasteiger partial charge in [-0.15, -0.1) is 0 Å². The molecule has 3 heterocycles. The second kappa shape index (κ2) is 11.3. The Labute approximate surface area is 237 Å². The molecule has 9 nitrogen and oxygen atoms in total. The number of rotatable bonds is 9. The van der Waals surface area contributed by atoms with Gasteiger partial charge in [0.05, 0.1) is 23.7 Å². The highest BCUT2D eigenvalue weighted by molar-refractivity contribution is 6.31. The van der Waals surface area contributed by atoms with Crippen LogP contribution in [0.4, 0.5) is 15.9 Å². The van der Waals surface area contributed by atoms with Crippen molar-refractivity contribution in [2.24, 2.45) is 5.92 Å². The number of morpholine rings is 1. The van der Waals surface area contributed by atoms with E-state index < -0.39 is 5.82 Å². The minimum atomic E-state index is -0.483. The number of anilines is 2. The summed E-state index contributed by atoms with van der Waals surface area (Å²) >= 11 is 5.97. The Hall–Kier alpha value is -3.21. The predicted octanol–water partition coefficient (Wildman–Crippen LogP) is 4.66. The second-order valence-electron chi connectivity index (χ2n) is 11.1. The number of ether oxygens (including phenoxy) is 3. The summed E-state index contributed by atoms with van der Waals surface area (Å²) in [6.07, 6.45) is 5.47. The molecule has 2 saturated heterocycles. The van der Waals surface area contributed by atoms with Gasteiger partial charge in [-0.1, -0.05) is 11.6 Å². The Morgan fingerprint density at radius 2 is 1.95 bits per heavy atom. The van der Waals surface area contributed by atoms with Gasteiger partial charge in [0, 0.05) is 56.2 Å². The van der Waals surface area contributed by atoms with Gasteiger partial charge in [-0.3, -0.25) is 14.6 Å². The summed E-state index contributed by atoms with van der Waals surface area (Å²) in [6, 6.07) is 8.22. The van der Waals surface area contributed by atoms with E-state index in [1.54, 1.807) is 6.07 Å². The van der Waals surface area contributed by atoms with E-state index >= 15 is 0 Å². The van der Waals surface area contributed by atoms with E-state index in [-0.39, 0.29) is 16.6 Å². The van der Waals surface area contributed by atoms with Crippen molar-refractivity contribution in [1.29, 1.82) is 0 Å². The Morgan fingerprint density at radius 3 is 2.70 bits per heavy atom. The molecular formula is C29H33ClFN5O4. The van der Waals surface area contributed by atoms with E-state index in [1.807, 2.05) is 24.1 Å². The summed E-state index contributed by atoms with van der Waals surface area (Å²) in [5.74, 6) is 1.80. The average Bonchev–Trinajstić information content (AvgIpc) is 3.75. The number of benzene rings is 2. The second-order valence-corrected chi connectivity index (χ2v) is 11.5. The van der Waals surface area contributed by atoms with Crippen molar-refractivity contribution in [2.45, 2.75) is 31.3 Å². The first-order valence-corrected chi connectivity index (χ1v) is 14.1. The number of likely N-dealkylation sites (tertiary alicyclic amines) is 1. The number of carbonyl (C=O) groups is 1. The van der Waals surface area contributed by atoms with Crippen LogP contribution in [0.3, 0.4) is 0 Å². The monoisotopic (exact) mass is 569 g/mol. The van der Waals surface area contributed by atoms with E-state index in [0.717, 1.165) is 44.4 Å². The highest BCUT2D eigenvalue weighted by Gasteiger charge is 2.42. The maximum Gasteiger partial charge on any atom is 0.320 e. The van der Waals surface area contributed by atoms with Crippen LogP contribution in [-0.2, 0) is 9.53 Å². The number of halogens is 2. The lowest BCUT2D eigenvalue weighted by Gasteiger charge is -2.45. The highest BCUT2D eigenvalue weighted by Crippen LogP contribution is 2.37. The van der Waals surface area contributed by atoms with Crippen molar-refractivity contribution in [1.82, 2.24) is 19.8 Å². The minimum Gasteiger partial charge on any atom is -0.489 e. The molecule has 0 bridgehead atoms. The third-order valence-electron chi connectivity index (χ3n) is 7.77. The Kier molecular flexibility index (Phi) is 7.65. The van der Waals surface area contributed by atoms with E-state index in [1.165, 1.54) is 31.3 Å². The number of hydrogen-bond donors (Lipinski definition) is 1. The van der Waals surface area contributed by atoms with Crippen LogP contribution in [0.25, 0.3) is 10.9 Å². The molecule has 2 aliphatic heterocycles. The van der Waals surface area contributed by atoms with Crippen LogP contribution < -0.4 is 14.8 Å². The molecule has 212 valence electrons. The molecule has 0 unspecified atom stereocenters. The maximum atomic E-state index is 13.7. The van der Waals surface area contributed by atoms with E-state index in [4.69, 9.17) is 25.8 Å². The van der Waals surface area contributed by atoms with Gasteiger partial charge in [-0.05, 0) is 50.1 Å². The molecule has 1 saturated carbocycles. The number of nitrogens with one attached hydrogen (secondary N) is 1. The molecule has 3 aromatic rings. The van der Waals surface area contributed by atoms with Gasteiger partial charge in [-0.2, -0.15) is 0 Å². The Morgan fingerprint density at radius 1 is 1.15 bits per heavy atom. The summed E-state index contributed by atoms with van der Waals surface area (Å²) in [6.45, 7) is 4.69. The van der Waals surface area contributed by atoms with Gasteiger partial charge in [0.25, 0.3) is 0 Å². The molecule has 11 heteroatoms. The van der Waals surface area contributed by atoms with Gasteiger partial charge < -0.3 is 19.5 Å². The number of nitrogens with zero attached hydrogens (tertiary/aromatic N) is 4. The normalized spacial score (nSPS) is 19.5. The number of esters is 1. The van der Waals surface area contributed by atoms with Crippen LogP contribution in [0.15, 0.2) is 36.7 Å². The molecule has 1 N–H and O–H groups in total. The molecule has 1 aromatic heterocycles. The molecule has 2 aromatic carbocycles. The van der Waals surface area contributed by atoms with Crippen molar-refractivity contribution < 1.29 is 23.4 Å². The van der Waals surface area contributed by atoms with Crippen molar-refractivity contribution in [3.8, 4) is 11.5 Å². The van der Waals surface area contributed by atoms with Gasteiger partial charge in [-0.25, -0.2) is 14.4 Å². The molecule has 3 aliphatic rings. The lowest BCUT2D eigenvalue weighted by molar-refractivity contribution is -0.179. The quantitative estimate of drug-likeness (QED) is 0.370. The zero-order valence-electron chi connectivity index (χ0n) is 22.5. The smallest absolute Gasteiger partial charge is 0.320 e. The summed E-state index contributed by atoms with van der Waals surface area (Å²) in [4.78, 5) is 25.2. The lowest BCUT2D eigenvalue weighted by atomic mass is 9.89. The van der Waals surface area contributed by atoms with E-state index in [9.17, 15) is 9.18 Å². The molecule has 1 spiro atoms. The fourth-order valence-corrected chi connectivity index (χ4v) is 5.58. The topological polar surface area (TPSA) is 89.1 Å². The largest absolute Gasteiger partial charge is 0.489 e. The van der Waals surface area contributed by atoms with Gasteiger partial charge >= 0.3 is 5.97 Å². The van der Waals surface area contributed by atoms with Crippen LogP contribution in [0.2, 0.25) is 5.02 Å². The van der Waals surface area contributed by atoms with Crippen LogP contribution in [0.5, 0.6) is 11.5 Å². The summed E-state index contributed by atoms with van der Waals surface area (Å²) < 4.78 is 31.9. The molecule has 40 heavy (non-hydrogen) atoms. The van der Waals surface area contributed by atoms with Gasteiger partial charge in [0.15, 0.2) is 11.5 Å². The number of hydrogen-bond acceptors (Lipinski definition) is 9. The molecule has 3 fully saturated rings. The first-order chi connectivity index (χ1) is 19.4.